The second-order valence-electron chi connectivity index (χ2n) is 6.25. The number of nitrogens with zero attached hydrogens (tertiary/aromatic N) is 4. The largest absolute Gasteiger partial charge is 0.453 e. The average molecular weight is 448 g/mol. The van der Waals surface area contributed by atoms with E-state index in [1.165, 1.54) is 30.5 Å². The summed E-state index contributed by atoms with van der Waals surface area (Å²) in [6, 6.07) is 8.69. The molecule has 0 fully saturated rings. The molecule has 1 aromatic carbocycles. The molecular formula is C18H14F6N4OS. The zero-order chi connectivity index (χ0) is 22.1. The van der Waals surface area contributed by atoms with Crippen LogP contribution in [-0.2, 0) is 17.0 Å². The van der Waals surface area contributed by atoms with E-state index in [2.05, 4.69) is 15.1 Å². The molecule has 0 N–H and O–H groups in total. The zero-order valence-corrected chi connectivity index (χ0v) is 16.1. The van der Waals surface area contributed by atoms with Crippen LogP contribution in [0.15, 0.2) is 47.5 Å². The van der Waals surface area contributed by atoms with Crippen molar-refractivity contribution in [2.24, 2.45) is 0 Å². The van der Waals surface area contributed by atoms with Crippen LogP contribution in [0.5, 0.6) is 0 Å². The lowest BCUT2D eigenvalue weighted by molar-refractivity contribution is -0.144. The molecule has 0 spiro atoms. The van der Waals surface area contributed by atoms with Crippen LogP contribution in [-0.4, -0.2) is 35.9 Å². The molecule has 3 rings (SSSR count). The molecule has 0 saturated carbocycles. The van der Waals surface area contributed by atoms with E-state index in [0.717, 1.165) is 4.68 Å². The molecule has 2 heterocycles. The topological polar surface area (TPSA) is 60.7 Å². The number of aromatic nitrogens is 4. The fraction of sp³-hybridized carbons (Fsp3) is 0.278. The Bertz CT molecular complexity index is 1060. The van der Waals surface area contributed by atoms with Crippen molar-refractivity contribution in [2.75, 3.05) is 5.75 Å². The number of alkyl halides is 6. The van der Waals surface area contributed by atoms with Crippen LogP contribution in [0.3, 0.4) is 0 Å². The van der Waals surface area contributed by atoms with Gasteiger partial charge in [0, 0.05) is 16.8 Å². The third-order valence-corrected chi connectivity index (χ3v) is 5.49. The van der Waals surface area contributed by atoms with E-state index >= 15 is 0 Å². The number of hydrogen-bond donors (Lipinski definition) is 0. The predicted octanol–water partition coefficient (Wildman–Crippen LogP) is 4.72. The zero-order valence-electron chi connectivity index (χ0n) is 15.3. The van der Waals surface area contributed by atoms with Crippen molar-refractivity contribution in [2.45, 2.75) is 30.6 Å². The monoisotopic (exact) mass is 448 g/mol. The smallest absolute Gasteiger partial charge is 0.254 e. The lowest BCUT2D eigenvalue weighted by atomic mass is 10.2. The minimum Gasteiger partial charge on any atom is -0.254 e. The highest BCUT2D eigenvalue weighted by atomic mass is 32.2. The molecule has 5 nitrogen and oxygen atoms in total. The maximum atomic E-state index is 13.2. The third-order valence-electron chi connectivity index (χ3n) is 3.99. The number of rotatable bonds is 5. The first-order valence-electron chi connectivity index (χ1n) is 8.47. The van der Waals surface area contributed by atoms with Gasteiger partial charge in [0.25, 0.3) is 5.82 Å². The Hall–Kier alpha value is -2.76. The maximum Gasteiger partial charge on any atom is 0.453 e. The van der Waals surface area contributed by atoms with E-state index in [9.17, 15) is 30.6 Å². The molecule has 2 aromatic heterocycles. The Kier molecular flexibility index (Phi) is 5.97. The van der Waals surface area contributed by atoms with Crippen molar-refractivity contribution in [1.29, 1.82) is 0 Å². The lowest BCUT2D eigenvalue weighted by Crippen LogP contribution is -2.13. The standard InChI is InChI=1S/C18H14F6N4OS/c1-11-5-6-12(10-14(11)30(29)9-7-17(19,20)21)28-15(13-4-2-3-8-25-13)26-16(27-28)18(22,23)24/h2-6,8,10H,7,9H2,1H3. The Morgan fingerprint density at radius 2 is 1.80 bits per heavy atom. The number of hydrogen-bond acceptors (Lipinski definition) is 4. The molecule has 30 heavy (non-hydrogen) atoms. The summed E-state index contributed by atoms with van der Waals surface area (Å²) in [7, 11) is -2.01. The Balaban J connectivity index is 2.07. The number of aryl methyl sites for hydroxylation is 1. The Morgan fingerprint density at radius 1 is 1.07 bits per heavy atom. The van der Waals surface area contributed by atoms with Crippen molar-refractivity contribution in [3.63, 3.8) is 0 Å². The van der Waals surface area contributed by atoms with Crippen LogP contribution in [0.4, 0.5) is 26.3 Å². The summed E-state index contributed by atoms with van der Waals surface area (Å²) >= 11 is 0. The van der Waals surface area contributed by atoms with Gasteiger partial charge in [0.05, 0.1) is 22.9 Å². The van der Waals surface area contributed by atoms with Gasteiger partial charge in [-0.05, 0) is 36.8 Å². The van der Waals surface area contributed by atoms with Gasteiger partial charge in [0.1, 0.15) is 5.69 Å². The van der Waals surface area contributed by atoms with Gasteiger partial charge >= 0.3 is 12.4 Å². The van der Waals surface area contributed by atoms with Crippen LogP contribution in [0.2, 0.25) is 0 Å². The fourth-order valence-electron chi connectivity index (χ4n) is 2.56. The minimum absolute atomic E-state index is 0.0691. The van der Waals surface area contributed by atoms with E-state index in [-0.39, 0.29) is 22.1 Å². The van der Waals surface area contributed by atoms with Crippen LogP contribution >= 0.6 is 0 Å². The molecule has 0 aliphatic carbocycles. The van der Waals surface area contributed by atoms with Crippen molar-refractivity contribution >= 4 is 10.8 Å². The van der Waals surface area contributed by atoms with Gasteiger partial charge in [0.15, 0.2) is 5.82 Å². The molecule has 0 aliphatic rings. The SMILES string of the molecule is Cc1ccc(-n2nc(C(F)(F)F)nc2-c2ccccn2)cc1S(=O)CCC(F)(F)F. The quantitative estimate of drug-likeness (QED) is 0.530. The van der Waals surface area contributed by atoms with Gasteiger partial charge in [0.2, 0.25) is 0 Å². The van der Waals surface area contributed by atoms with Crippen LogP contribution in [0.25, 0.3) is 17.2 Å². The highest BCUT2D eigenvalue weighted by Gasteiger charge is 2.37. The van der Waals surface area contributed by atoms with Gasteiger partial charge in [-0.3, -0.25) is 9.19 Å². The number of benzene rings is 1. The molecular weight excluding hydrogens is 434 g/mol. The van der Waals surface area contributed by atoms with E-state index in [1.807, 2.05) is 0 Å². The molecule has 3 aromatic rings. The molecule has 0 bridgehead atoms. The minimum atomic E-state index is -4.82. The molecule has 1 unspecified atom stereocenters. The van der Waals surface area contributed by atoms with Gasteiger partial charge < -0.3 is 0 Å². The van der Waals surface area contributed by atoms with Gasteiger partial charge in [-0.15, -0.1) is 5.10 Å². The molecule has 0 radical (unpaired) electrons. The third kappa shape index (κ3) is 5.04. The average Bonchev–Trinajstić information content (AvgIpc) is 3.12. The molecule has 0 amide bonds. The summed E-state index contributed by atoms with van der Waals surface area (Å²) in [6.45, 7) is 1.55. The summed E-state index contributed by atoms with van der Waals surface area (Å²) in [4.78, 5) is 7.60. The van der Waals surface area contributed by atoms with Crippen LogP contribution < -0.4 is 0 Å². The molecule has 0 saturated heterocycles. The van der Waals surface area contributed by atoms with Gasteiger partial charge in [-0.2, -0.15) is 26.3 Å². The van der Waals surface area contributed by atoms with Crippen molar-refractivity contribution in [1.82, 2.24) is 19.7 Å². The van der Waals surface area contributed by atoms with Gasteiger partial charge in [-0.1, -0.05) is 12.1 Å². The fourth-order valence-corrected chi connectivity index (χ4v) is 3.87. The van der Waals surface area contributed by atoms with E-state index in [4.69, 9.17) is 0 Å². The van der Waals surface area contributed by atoms with Gasteiger partial charge in [-0.25, -0.2) is 9.67 Å². The summed E-state index contributed by atoms with van der Waals surface area (Å²) in [6.07, 6.45) is -9.17. The molecule has 0 aliphatic heterocycles. The lowest BCUT2D eigenvalue weighted by Gasteiger charge is -2.11. The Morgan fingerprint density at radius 3 is 2.40 bits per heavy atom. The maximum absolute atomic E-state index is 13.2. The normalized spacial score (nSPS) is 13.4. The van der Waals surface area contributed by atoms with Crippen LogP contribution in [0, 0.1) is 6.92 Å². The Labute approximate surface area is 169 Å². The molecule has 12 heteroatoms. The highest BCUT2D eigenvalue weighted by Crippen LogP contribution is 2.31. The first-order chi connectivity index (χ1) is 14.0. The molecule has 1 atom stereocenters. The highest BCUT2D eigenvalue weighted by molar-refractivity contribution is 7.85. The summed E-state index contributed by atoms with van der Waals surface area (Å²) < 4.78 is 90.2. The van der Waals surface area contributed by atoms with E-state index in [1.54, 1.807) is 19.1 Å². The summed E-state index contributed by atoms with van der Waals surface area (Å²) in [5.41, 5.74) is 0.621. The number of pyridine rings is 1. The van der Waals surface area contributed by atoms with E-state index < -0.39 is 41.2 Å². The van der Waals surface area contributed by atoms with Crippen molar-refractivity contribution < 1.29 is 30.6 Å². The van der Waals surface area contributed by atoms with E-state index in [0.29, 0.717) is 5.56 Å². The number of halogens is 6. The molecule has 160 valence electrons. The predicted molar refractivity (Wildman–Crippen MR) is 96.3 cm³/mol. The van der Waals surface area contributed by atoms with Crippen LogP contribution in [0.1, 0.15) is 17.8 Å². The first kappa shape index (κ1) is 21.9. The van der Waals surface area contributed by atoms with Crippen molar-refractivity contribution in [3.05, 3.63) is 54.0 Å². The summed E-state index contributed by atoms with van der Waals surface area (Å²) in [5.74, 6) is -2.27. The second kappa shape index (κ2) is 8.17. The summed E-state index contributed by atoms with van der Waals surface area (Å²) in [5, 5.41) is 3.51. The second-order valence-corrected chi connectivity index (χ2v) is 7.79. The first-order valence-corrected chi connectivity index (χ1v) is 9.79. The van der Waals surface area contributed by atoms with Crippen molar-refractivity contribution in [3.8, 4) is 17.2 Å².